The lowest BCUT2D eigenvalue weighted by Crippen LogP contribution is -2.16. The van der Waals surface area contributed by atoms with Gasteiger partial charge in [-0.3, -0.25) is 10.2 Å². The molecule has 0 unspecified atom stereocenters. The van der Waals surface area contributed by atoms with E-state index in [-0.39, 0.29) is 11.1 Å². The van der Waals surface area contributed by atoms with Crippen molar-refractivity contribution in [3.63, 3.8) is 0 Å². The predicted octanol–water partition coefficient (Wildman–Crippen LogP) is 0.600. The van der Waals surface area contributed by atoms with Crippen LogP contribution < -0.4 is 5.73 Å². The first-order valence-corrected chi connectivity index (χ1v) is 3.46. The molecule has 13 heavy (non-hydrogen) atoms. The number of hydrogen-bond donors (Lipinski definition) is 3. The van der Waals surface area contributed by atoms with Crippen molar-refractivity contribution in [3.8, 4) is 0 Å². The summed E-state index contributed by atoms with van der Waals surface area (Å²) >= 11 is 0. The minimum atomic E-state index is -0.669. The Bertz CT molecular complexity index is 349. The van der Waals surface area contributed by atoms with Gasteiger partial charge in [0.25, 0.3) is 5.90 Å². The molecule has 0 aliphatic rings. The van der Waals surface area contributed by atoms with Gasteiger partial charge in [-0.1, -0.05) is 12.1 Å². The van der Waals surface area contributed by atoms with Crippen molar-refractivity contribution in [1.82, 2.24) is 0 Å². The molecule has 4 N–H and O–H groups in total. The molecule has 0 aliphatic carbocycles. The van der Waals surface area contributed by atoms with Gasteiger partial charge in [0.1, 0.15) is 0 Å². The Kier molecular flexibility index (Phi) is 2.61. The summed E-state index contributed by atoms with van der Waals surface area (Å²) in [6.07, 6.45) is 0. The largest absolute Gasteiger partial charge is 0.366 e. The monoisotopic (exact) mass is 180 g/mol. The second-order valence-corrected chi connectivity index (χ2v) is 2.33. The SMILES string of the molecule is N=C(OO)c1ccccc1C(N)=O. The van der Waals surface area contributed by atoms with E-state index in [4.69, 9.17) is 16.4 Å². The van der Waals surface area contributed by atoms with Crippen LogP contribution in [0.4, 0.5) is 0 Å². The molecule has 0 bridgehead atoms. The Balaban J connectivity index is 3.19. The Morgan fingerprint density at radius 1 is 1.38 bits per heavy atom. The number of hydrogen-bond acceptors (Lipinski definition) is 4. The molecule has 5 nitrogen and oxygen atoms in total. The van der Waals surface area contributed by atoms with Crippen LogP contribution in [0.1, 0.15) is 15.9 Å². The van der Waals surface area contributed by atoms with Gasteiger partial charge in [0.05, 0.1) is 11.1 Å². The topological polar surface area (TPSA) is 96.4 Å². The first-order chi connectivity index (χ1) is 6.16. The third-order valence-corrected chi connectivity index (χ3v) is 1.53. The quantitative estimate of drug-likeness (QED) is 0.269. The van der Waals surface area contributed by atoms with Gasteiger partial charge in [0, 0.05) is 0 Å². The summed E-state index contributed by atoms with van der Waals surface area (Å²) < 4.78 is 0. The van der Waals surface area contributed by atoms with Gasteiger partial charge in [-0.05, 0) is 12.1 Å². The predicted molar refractivity (Wildman–Crippen MR) is 45.5 cm³/mol. The van der Waals surface area contributed by atoms with Crippen molar-refractivity contribution >= 4 is 11.8 Å². The Hall–Kier alpha value is -1.88. The molecule has 1 amide bonds. The first kappa shape index (κ1) is 9.21. The Morgan fingerprint density at radius 3 is 2.38 bits per heavy atom. The molecule has 0 heterocycles. The van der Waals surface area contributed by atoms with Crippen LogP contribution in [0.3, 0.4) is 0 Å². The van der Waals surface area contributed by atoms with Gasteiger partial charge in [-0.2, -0.15) is 0 Å². The smallest absolute Gasteiger partial charge is 0.256 e. The molecular weight excluding hydrogens is 172 g/mol. The molecule has 1 aromatic carbocycles. The number of amides is 1. The summed E-state index contributed by atoms with van der Waals surface area (Å²) in [6.45, 7) is 0. The minimum Gasteiger partial charge on any atom is -0.366 e. The number of benzene rings is 1. The standard InChI is InChI=1S/C8H8N2O3/c9-7(11)5-3-1-2-4-6(5)8(10)13-12/h1-4,10,12H,(H2,9,11). The number of nitrogens with two attached hydrogens (primary N) is 1. The number of rotatable bonds is 2. The second-order valence-electron chi connectivity index (χ2n) is 2.33. The highest BCUT2D eigenvalue weighted by molar-refractivity contribution is 6.05. The minimum absolute atomic E-state index is 0.140. The average molecular weight is 180 g/mol. The molecule has 5 heteroatoms. The molecule has 0 aliphatic heterocycles. The van der Waals surface area contributed by atoms with Crippen molar-refractivity contribution in [2.45, 2.75) is 0 Å². The molecule has 1 rings (SSSR count). The van der Waals surface area contributed by atoms with E-state index in [1.807, 2.05) is 0 Å². The molecule has 0 radical (unpaired) electrons. The summed E-state index contributed by atoms with van der Waals surface area (Å²) in [4.78, 5) is 14.5. The highest BCUT2D eigenvalue weighted by Gasteiger charge is 2.12. The van der Waals surface area contributed by atoms with Crippen molar-refractivity contribution in [3.05, 3.63) is 35.4 Å². The maximum atomic E-state index is 10.8. The van der Waals surface area contributed by atoms with Crippen LogP contribution in [0.5, 0.6) is 0 Å². The number of nitrogens with one attached hydrogen (secondary N) is 1. The zero-order valence-electron chi connectivity index (χ0n) is 6.65. The Labute approximate surface area is 74.2 Å². The van der Waals surface area contributed by atoms with E-state index in [9.17, 15) is 4.79 Å². The van der Waals surface area contributed by atoms with Crippen molar-refractivity contribution in [2.24, 2.45) is 5.73 Å². The van der Waals surface area contributed by atoms with Gasteiger partial charge in [-0.25, -0.2) is 5.26 Å². The molecule has 0 saturated heterocycles. The highest BCUT2D eigenvalue weighted by Crippen LogP contribution is 2.08. The molecule has 0 aromatic heterocycles. The third kappa shape index (κ3) is 1.83. The van der Waals surface area contributed by atoms with Crippen LogP contribution in [-0.2, 0) is 4.89 Å². The van der Waals surface area contributed by atoms with Crippen LogP contribution in [-0.4, -0.2) is 17.1 Å². The zero-order chi connectivity index (χ0) is 9.84. The lowest BCUT2D eigenvalue weighted by Gasteiger charge is -2.03. The molecule has 0 fully saturated rings. The second kappa shape index (κ2) is 3.68. The van der Waals surface area contributed by atoms with Crippen molar-refractivity contribution in [1.29, 1.82) is 5.41 Å². The van der Waals surface area contributed by atoms with Crippen LogP contribution in [0.25, 0.3) is 0 Å². The van der Waals surface area contributed by atoms with Crippen molar-refractivity contribution in [2.75, 3.05) is 0 Å². The fourth-order valence-corrected chi connectivity index (χ4v) is 0.945. The fourth-order valence-electron chi connectivity index (χ4n) is 0.945. The normalized spacial score (nSPS) is 9.31. The zero-order valence-corrected chi connectivity index (χ0v) is 6.65. The summed E-state index contributed by atoms with van der Waals surface area (Å²) in [5, 5.41) is 15.4. The van der Waals surface area contributed by atoms with Gasteiger partial charge in [-0.15, -0.1) is 0 Å². The van der Waals surface area contributed by atoms with E-state index < -0.39 is 11.8 Å². The van der Waals surface area contributed by atoms with Crippen LogP contribution in [0.2, 0.25) is 0 Å². The fraction of sp³-hybridized carbons (Fsp3) is 0. The molecule has 0 saturated carbocycles. The summed E-state index contributed by atoms with van der Waals surface area (Å²) in [6, 6.07) is 6.12. The van der Waals surface area contributed by atoms with E-state index >= 15 is 0 Å². The van der Waals surface area contributed by atoms with E-state index in [0.29, 0.717) is 0 Å². The van der Waals surface area contributed by atoms with Crippen LogP contribution in [0.15, 0.2) is 24.3 Å². The third-order valence-electron chi connectivity index (χ3n) is 1.53. The summed E-state index contributed by atoms with van der Waals surface area (Å²) in [5.74, 6) is -1.17. The maximum absolute atomic E-state index is 10.8. The van der Waals surface area contributed by atoms with Crippen LogP contribution in [0, 0.1) is 5.41 Å². The number of carbonyl (C=O) groups is 1. The van der Waals surface area contributed by atoms with E-state index in [1.54, 1.807) is 12.1 Å². The number of carbonyl (C=O) groups excluding carboxylic acids is 1. The van der Waals surface area contributed by atoms with Gasteiger partial charge < -0.3 is 10.6 Å². The molecule has 68 valence electrons. The van der Waals surface area contributed by atoms with E-state index in [1.165, 1.54) is 12.1 Å². The summed E-state index contributed by atoms with van der Waals surface area (Å²) in [7, 11) is 0. The maximum Gasteiger partial charge on any atom is 0.256 e. The number of primary amides is 1. The Morgan fingerprint density at radius 2 is 1.92 bits per heavy atom. The molecule has 0 spiro atoms. The lowest BCUT2D eigenvalue weighted by molar-refractivity contribution is -0.154. The summed E-state index contributed by atoms with van der Waals surface area (Å²) in [5.41, 5.74) is 5.34. The van der Waals surface area contributed by atoms with Crippen molar-refractivity contribution < 1.29 is 14.9 Å². The van der Waals surface area contributed by atoms with E-state index in [0.717, 1.165) is 0 Å². The van der Waals surface area contributed by atoms with Gasteiger partial charge in [0.15, 0.2) is 0 Å². The lowest BCUT2D eigenvalue weighted by atomic mass is 10.1. The van der Waals surface area contributed by atoms with Gasteiger partial charge in [0.2, 0.25) is 5.91 Å². The van der Waals surface area contributed by atoms with Gasteiger partial charge >= 0.3 is 0 Å². The average Bonchev–Trinajstić information content (AvgIpc) is 2.16. The first-order valence-electron chi connectivity index (χ1n) is 3.46. The molecular formula is C8H8N2O3. The van der Waals surface area contributed by atoms with Crippen LogP contribution >= 0.6 is 0 Å². The van der Waals surface area contributed by atoms with E-state index in [2.05, 4.69) is 4.89 Å². The highest BCUT2D eigenvalue weighted by atomic mass is 17.1. The molecule has 1 aromatic rings. The molecule has 0 atom stereocenters.